The van der Waals surface area contributed by atoms with Gasteiger partial charge in [-0.05, 0) is 24.3 Å². The minimum absolute atomic E-state index is 0.278. The fourth-order valence-corrected chi connectivity index (χ4v) is 4.89. The van der Waals surface area contributed by atoms with Crippen molar-refractivity contribution in [1.82, 2.24) is 24.7 Å². The second-order valence-electron chi connectivity index (χ2n) is 7.33. The van der Waals surface area contributed by atoms with Crippen LogP contribution >= 0.6 is 22.7 Å². The number of thiazole rings is 1. The number of hydrogen-bond acceptors (Lipinski definition) is 11. The molecule has 0 N–H and O–H groups in total. The van der Waals surface area contributed by atoms with Crippen LogP contribution in [0.25, 0.3) is 38.1 Å². The molecular weight excluding hydrogens is 478 g/mol. The highest BCUT2D eigenvalue weighted by atomic mass is 32.1. The fraction of sp³-hybridized carbons (Fsp3) is 0.182. The Bertz CT molecular complexity index is 1590. The lowest BCUT2D eigenvalue weighted by molar-refractivity contribution is 0.303. The van der Waals surface area contributed by atoms with E-state index in [0.717, 1.165) is 21.8 Å². The summed E-state index contributed by atoms with van der Waals surface area (Å²) in [5.74, 6) is 2.58. The fourth-order valence-electron chi connectivity index (χ4n) is 3.44. The van der Waals surface area contributed by atoms with Crippen LogP contribution in [0.4, 0.5) is 0 Å². The van der Waals surface area contributed by atoms with Crippen LogP contribution in [0, 0.1) is 6.92 Å². The van der Waals surface area contributed by atoms with Crippen LogP contribution in [0.15, 0.2) is 44.8 Å². The molecule has 1 aromatic carbocycles. The van der Waals surface area contributed by atoms with Crippen molar-refractivity contribution in [3.63, 3.8) is 0 Å². The molecule has 5 heterocycles. The van der Waals surface area contributed by atoms with Crippen LogP contribution in [0.2, 0.25) is 0 Å². The molecule has 0 atom stereocenters. The molecule has 172 valence electrons. The van der Waals surface area contributed by atoms with E-state index >= 15 is 0 Å². The summed E-state index contributed by atoms with van der Waals surface area (Å²) in [5.41, 5.74) is 2.79. The first kappa shape index (κ1) is 20.7. The monoisotopic (exact) mass is 495 g/mol. The van der Waals surface area contributed by atoms with E-state index in [1.165, 1.54) is 22.7 Å². The number of imidazole rings is 1. The number of rotatable bonds is 7. The second-order valence-corrected chi connectivity index (χ2v) is 9.11. The minimum atomic E-state index is 0.278. The van der Waals surface area contributed by atoms with E-state index in [-0.39, 0.29) is 6.61 Å². The van der Waals surface area contributed by atoms with E-state index in [9.17, 15) is 0 Å². The molecule has 34 heavy (non-hydrogen) atoms. The van der Waals surface area contributed by atoms with Crippen molar-refractivity contribution in [2.45, 2.75) is 13.5 Å². The molecule has 0 aliphatic rings. The Balaban J connectivity index is 1.30. The van der Waals surface area contributed by atoms with Crippen LogP contribution < -0.4 is 14.2 Å². The van der Waals surface area contributed by atoms with Crippen LogP contribution in [-0.2, 0) is 6.61 Å². The number of methoxy groups -OCH3 is 2. The van der Waals surface area contributed by atoms with Crippen molar-refractivity contribution >= 4 is 38.6 Å². The number of furan rings is 1. The molecule has 6 rings (SSSR count). The summed E-state index contributed by atoms with van der Waals surface area (Å²) >= 11 is 2.84. The first-order valence-electron chi connectivity index (χ1n) is 10.1. The summed E-state index contributed by atoms with van der Waals surface area (Å²) in [5, 5.41) is 12.4. The highest BCUT2D eigenvalue weighted by Gasteiger charge is 2.18. The van der Waals surface area contributed by atoms with Crippen LogP contribution in [0.1, 0.15) is 11.5 Å². The van der Waals surface area contributed by atoms with E-state index in [1.54, 1.807) is 24.9 Å². The van der Waals surface area contributed by atoms with Gasteiger partial charge in [0.15, 0.2) is 5.76 Å². The van der Waals surface area contributed by atoms with Gasteiger partial charge in [-0.25, -0.2) is 14.5 Å². The SMILES string of the molecule is COc1cc(OCc2csc(-c3cc(C)on3)n2)c2cc(-c3cn4nc(OC)sc4n3)oc2c1. The predicted octanol–water partition coefficient (Wildman–Crippen LogP) is 5.22. The van der Waals surface area contributed by atoms with Gasteiger partial charge in [-0.3, -0.25) is 0 Å². The first-order valence-corrected chi connectivity index (χ1v) is 11.8. The number of fused-ring (bicyclic) bond motifs is 2. The number of ether oxygens (including phenoxy) is 3. The average molecular weight is 496 g/mol. The van der Waals surface area contributed by atoms with Crippen LogP contribution in [0.3, 0.4) is 0 Å². The molecule has 0 aliphatic heterocycles. The predicted molar refractivity (Wildman–Crippen MR) is 126 cm³/mol. The lowest BCUT2D eigenvalue weighted by Crippen LogP contribution is -1.97. The Morgan fingerprint density at radius 2 is 1.97 bits per heavy atom. The highest BCUT2D eigenvalue weighted by molar-refractivity contribution is 7.18. The number of nitrogens with zero attached hydrogens (tertiary/aromatic N) is 5. The summed E-state index contributed by atoms with van der Waals surface area (Å²) in [6, 6.07) is 7.40. The topological polar surface area (TPSA) is 110 Å². The lowest BCUT2D eigenvalue weighted by Gasteiger charge is -2.07. The normalized spacial score (nSPS) is 11.5. The van der Waals surface area contributed by atoms with E-state index in [2.05, 4.69) is 20.2 Å². The lowest BCUT2D eigenvalue weighted by atomic mass is 10.2. The minimum Gasteiger partial charge on any atom is -0.496 e. The molecule has 0 saturated heterocycles. The maximum Gasteiger partial charge on any atom is 0.294 e. The molecule has 0 bridgehead atoms. The average Bonchev–Trinajstić information content (AvgIpc) is 3.64. The Morgan fingerprint density at radius 3 is 2.74 bits per heavy atom. The molecule has 0 radical (unpaired) electrons. The van der Waals surface area contributed by atoms with Gasteiger partial charge >= 0.3 is 0 Å². The molecule has 0 saturated carbocycles. The van der Waals surface area contributed by atoms with Crippen LogP contribution in [0.5, 0.6) is 16.7 Å². The van der Waals surface area contributed by atoms with Gasteiger partial charge in [0.2, 0.25) is 4.96 Å². The second kappa shape index (κ2) is 8.15. The van der Waals surface area contributed by atoms with Gasteiger partial charge in [-0.1, -0.05) is 5.16 Å². The molecule has 12 heteroatoms. The third-order valence-corrected chi connectivity index (χ3v) is 6.83. The quantitative estimate of drug-likeness (QED) is 0.294. The molecule has 0 aliphatic carbocycles. The largest absolute Gasteiger partial charge is 0.496 e. The summed E-state index contributed by atoms with van der Waals surface area (Å²) in [4.78, 5) is 9.91. The molecule has 5 aromatic heterocycles. The van der Waals surface area contributed by atoms with Gasteiger partial charge in [0, 0.05) is 23.6 Å². The number of aryl methyl sites for hydroxylation is 1. The summed E-state index contributed by atoms with van der Waals surface area (Å²) in [6.45, 7) is 2.13. The zero-order chi connectivity index (χ0) is 23.2. The molecule has 10 nitrogen and oxygen atoms in total. The van der Waals surface area contributed by atoms with Gasteiger partial charge in [0.05, 0.1) is 31.5 Å². The molecule has 0 fully saturated rings. The zero-order valence-corrected chi connectivity index (χ0v) is 19.9. The van der Waals surface area contributed by atoms with Gasteiger partial charge in [0.25, 0.3) is 5.19 Å². The van der Waals surface area contributed by atoms with Gasteiger partial charge in [-0.2, -0.15) is 0 Å². The zero-order valence-electron chi connectivity index (χ0n) is 18.3. The summed E-state index contributed by atoms with van der Waals surface area (Å²) < 4.78 is 29.6. The third kappa shape index (κ3) is 3.66. The van der Waals surface area contributed by atoms with Gasteiger partial charge in [0.1, 0.15) is 45.8 Å². The Morgan fingerprint density at radius 1 is 1.06 bits per heavy atom. The van der Waals surface area contributed by atoms with E-state index in [0.29, 0.717) is 44.4 Å². The maximum absolute atomic E-state index is 6.13. The molecule has 0 amide bonds. The van der Waals surface area contributed by atoms with E-state index in [1.807, 2.05) is 36.6 Å². The molecule has 0 unspecified atom stereocenters. The number of benzene rings is 1. The number of hydrogen-bond donors (Lipinski definition) is 0. The third-order valence-electron chi connectivity index (χ3n) is 5.03. The first-order chi connectivity index (χ1) is 16.6. The molecular formula is C22H17N5O5S2. The van der Waals surface area contributed by atoms with Crippen molar-refractivity contribution in [3.05, 3.63) is 47.3 Å². The number of aromatic nitrogens is 5. The molecule has 6 aromatic rings. The Kier molecular flexibility index (Phi) is 4.96. The van der Waals surface area contributed by atoms with E-state index < -0.39 is 0 Å². The van der Waals surface area contributed by atoms with Crippen LogP contribution in [-0.4, -0.2) is 39.0 Å². The smallest absolute Gasteiger partial charge is 0.294 e. The van der Waals surface area contributed by atoms with Crippen molar-refractivity contribution in [1.29, 1.82) is 0 Å². The van der Waals surface area contributed by atoms with Crippen molar-refractivity contribution in [2.24, 2.45) is 0 Å². The van der Waals surface area contributed by atoms with Crippen molar-refractivity contribution in [2.75, 3.05) is 14.2 Å². The summed E-state index contributed by atoms with van der Waals surface area (Å²) in [6.07, 6.45) is 1.80. The van der Waals surface area contributed by atoms with Crippen molar-refractivity contribution in [3.8, 4) is 38.8 Å². The van der Waals surface area contributed by atoms with Crippen molar-refractivity contribution < 1.29 is 23.2 Å². The van der Waals surface area contributed by atoms with Gasteiger partial charge < -0.3 is 23.2 Å². The van der Waals surface area contributed by atoms with E-state index in [4.69, 9.17) is 23.2 Å². The maximum atomic E-state index is 6.13. The highest BCUT2D eigenvalue weighted by Crippen LogP contribution is 2.37. The molecule has 0 spiro atoms. The Hall–Kier alpha value is -3.90. The van der Waals surface area contributed by atoms with Gasteiger partial charge in [-0.15, -0.1) is 16.4 Å². The Labute approximate surface area is 200 Å². The standard InChI is InChI=1S/C22H17N5O5S2/c1-11-4-15(26-32-11)20-23-12(10-33-20)9-30-17-5-13(28-2)6-18-14(17)7-19(31-18)16-8-27-21(24-16)34-22(25-27)29-3/h4-8,10H,9H2,1-3H3. The summed E-state index contributed by atoms with van der Waals surface area (Å²) in [7, 11) is 3.18.